The lowest BCUT2D eigenvalue weighted by atomic mass is 9.99. The monoisotopic (exact) mass is 253 g/mol. The summed E-state index contributed by atoms with van der Waals surface area (Å²) in [5.41, 5.74) is 7.15. The summed E-state index contributed by atoms with van der Waals surface area (Å²) in [5.74, 6) is -0.706. The van der Waals surface area contributed by atoms with Crippen molar-refractivity contribution in [3.05, 3.63) is 35.4 Å². The second kappa shape index (κ2) is 5.34. The molecule has 0 saturated carbocycles. The first kappa shape index (κ1) is 13.5. The van der Waals surface area contributed by atoms with Crippen LogP contribution < -0.4 is 5.73 Å². The van der Waals surface area contributed by atoms with Crippen molar-refractivity contribution in [3.8, 4) is 0 Å². The van der Waals surface area contributed by atoms with Gasteiger partial charge in [-0.15, -0.1) is 0 Å². The first-order valence-corrected chi connectivity index (χ1v) is 5.99. The molecule has 1 aliphatic heterocycles. The minimum absolute atomic E-state index is 0.257. The Morgan fingerprint density at radius 2 is 1.83 bits per heavy atom. The van der Waals surface area contributed by atoms with Crippen molar-refractivity contribution in [2.45, 2.75) is 24.9 Å². The molecule has 2 unspecified atom stereocenters. The molecule has 2 atom stereocenters. The van der Waals surface area contributed by atoms with Gasteiger partial charge in [-0.1, -0.05) is 24.3 Å². The maximum atomic E-state index is 9.86. The number of ether oxygens (including phenoxy) is 2. The molecule has 1 fully saturated rings. The van der Waals surface area contributed by atoms with Crippen molar-refractivity contribution < 1.29 is 19.7 Å². The van der Waals surface area contributed by atoms with Crippen LogP contribution in [0, 0.1) is 0 Å². The molecule has 1 aromatic carbocycles. The van der Waals surface area contributed by atoms with Gasteiger partial charge in [0.05, 0.1) is 32.0 Å². The Balaban J connectivity index is 2.15. The average Bonchev–Trinajstić information content (AvgIpc) is 2.85. The first-order valence-electron chi connectivity index (χ1n) is 5.99. The van der Waals surface area contributed by atoms with Crippen molar-refractivity contribution in [3.63, 3.8) is 0 Å². The zero-order valence-electron chi connectivity index (χ0n) is 10.4. The van der Waals surface area contributed by atoms with Crippen molar-refractivity contribution in [1.82, 2.24) is 0 Å². The Hall–Kier alpha value is -0.980. The molecule has 1 aromatic rings. The minimum Gasteiger partial charge on any atom is -0.395 e. The largest absolute Gasteiger partial charge is 0.395 e. The van der Waals surface area contributed by atoms with Crippen LogP contribution in [0.15, 0.2) is 24.3 Å². The van der Waals surface area contributed by atoms with Crippen LogP contribution in [0.4, 0.5) is 0 Å². The number of rotatable bonds is 4. The van der Waals surface area contributed by atoms with Crippen molar-refractivity contribution in [1.29, 1.82) is 0 Å². The fourth-order valence-corrected chi connectivity index (χ4v) is 2.01. The molecule has 0 amide bonds. The highest BCUT2D eigenvalue weighted by molar-refractivity contribution is 5.28. The molecule has 18 heavy (non-hydrogen) atoms. The van der Waals surface area contributed by atoms with Crippen LogP contribution in [0.1, 0.15) is 24.2 Å². The van der Waals surface area contributed by atoms with Gasteiger partial charge in [-0.25, -0.2) is 0 Å². The average molecular weight is 253 g/mol. The van der Waals surface area contributed by atoms with E-state index in [2.05, 4.69) is 0 Å². The standard InChI is InChI=1S/C13H19NO4/c1-13(17-6-7-18-13)10-4-2-9(3-5-10)12(16)11(14)8-15/h2-5,11-12,15-16H,6-8,14H2,1H3. The quantitative estimate of drug-likeness (QED) is 0.716. The second-order valence-corrected chi connectivity index (χ2v) is 4.56. The predicted octanol–water partition coefficient (Wildman–Crippen LogP) is 0.259. The summed E-state index contributed by atoms with van der Waals surface area (Å²) in [6, 6.07) is 6.55. The molecule has 0 spiro atoms. The summed E-state index contributed by atoms with van der Waals surface area (Å²) in [6.07, 6.45) is -0.873. The number of hydrogen-bond donors (Lipinski definition) is 3. The SMILES string of the molecule is CC1(c2ccc(C(O)C(N)CO)cc2)OCCO1. The van der Waals surface area contributed by atoms with Crippen LogP contribution in [-0.4, -0.2) is 36.1 Å². The van der Waals surface area contributed by atoms with E-state index in [4.69, 9.17) is 20.3 Å². The summed E-state index contributed by atoms with van der Waals surface area (Å²) in [6.45, 7) is 2.77. The summed E-state index contributed by atoms with van der Waals surface area (Å²) in [4.78, 5) is 0. The van der Waals surface area contributed by atoms with Gasteiger partial charge < -0.3 is 25.4 Å². The van der Waals surface area contributed by atoms with E-state index < -0.39 is 17.9 Å². The van der Waals surface area contributed by atoms with Gasteiger partial charge in [-0.3, -0.25) is 0 Å². The Kier molecular flexibility index (Phi) is 3.99. The summed E-state index contributed by atoms with van der Waals surface area (Å²) in [7, 11) is 0. The Morgan fingerprint density at radius 3 is 2.33 bits per heavy atom. The molecule has 1 aliphatic rings. The van der Waals surface area contributed by atoms with E-state index in [0.29, 0.717) is 18.8 Å². The molecular weight excluding hydrogens is 234 g/mol. The maximum absolute atomic E-state index is 9.86. The van der Waals surface area contributed by atoms with Crippen molar-refractivity contribution in [2.24, 2.45) is 5.73 Å². The lowest BCUT2D eigenvalue weighted by Crippen LogP contribution is -2.32. The van der Waals surface area contributed by atoms with Crippen LogP contribution in [0.5, 0.6) is 0 Å². The van der Waals surface area contributed by atoms with Gasteiger partial charge in [0.25, 0.3) is 0 Å². The fraction of sp³-hybridized carbons (Fsp3) is 0.538. The zero-order chi connectivity index (χ0) is 13.2. The minimum atomic E-state index is -0.873. The highest BCUT2D eigenvalue weighted by Crippen LogP contribution is 2.31. The van der Waals surface area contributed by atoms with Gasteiger partial charge in [0.15, 0.2) is 5.79 Å². The third-order valence-corrected chi connectivity index (χ3v) is 3.23. The molecule has 100 valence electrons. The topological polar surface area (TPSA) is 84.9 Å². The predicted molar refractivity (Wildman–Crippen MR) is 65.7 cm³/mol. The molecule has 0 aromatic heterocycles. The third kappa shape index (κ3) is 2.55. The molecule has 0 aliphatic carbocycles. The van der Waals surface area contributed by atoms with Gasteiger partial charge in [0.1, 0.15) is 0 Å². The lowest BCUT2D eigenvalue weighted by molar-refractivity contribution is -0.149. The Labute approximate surface area is 106 Å². The van der Waals surface area contributed by atoms with Crippen molar-refractivity contribution >= 4 is 0 Å². The maximum Gasteiger partial charge on any atom is 0.192 e. The highest BCUT2D eigenvalue weighted by Gasteiger charge is 2.33. The van der Waals surface area contributed by atoms with E-state index in [1.807, 2.05) is 19.1 Å². The van der Waals surface area contributed by atoms with Crippen molar-refractivity contribution in [2.75, 3.05) is 19.8 Å². The van der Waals surface area contributed by atoms with Gasteiger partial charge in [-0.2, -0.15) is 0 Å². The van der Waals surface area contributed by atoms with Crippen LogP contribution in [0.3, 0.4) is 0 Å². The van der Waals surface area contributed by atoms with E-state index in [1.165, 1.54) is 0 Å². The first-order chi connectivity index (χ1) is 8.57. The molecule has 5 nitrogen and oxygen atoms in total. The molecule has 2 rings (SSSR count). The smallest absolute Gasteiger partial charge is 0.192 e. The Bertz CT molecular complexity index is 386. The van der Waals surface area contributed by atoms with Crippen LogP contribution >= 0.6 is 0 Å². The third-order valence-electron chi connectivity index (χ3n) is 3.23. The van der Waals surface area contributed by atoms with E-state index in [9.17, 15) is 5.11 Å². The molecule has 1 saturated heterocycles. The van der Waals surface area contributed by atoms with E-state index >= 15 is 0 Å². The molecule has 1 heterocycles. The van der Waals surface area contributed by atoms with E-state index in [0.717, 1.165) is 5.56 Å². The Morgan fingerprint density at radius 1 is 1.28 bits per heavy atom. The van der Waals surface area contributed by atoms with Gasteiger partial charge in [0.2, 0.25) is 0 Å². The van der Waals surface area contributed by atoms with Gasteiger partial charge in [-0.05, 0) is 12.5 Å². The van der Waals surface area contributed by atoms with Gasteiger partial charge in [0, 0.05) is 5.56 Å². The number of benzene rings is 1. The van der Waals surface area contributed by atoms with Crippen LogP contribution in [0.2, 0.25) is 0 Å². The van der Waals surface area contributed by atoms with E-state index in [-0.39, 0.29) is 6.61 Å². The number of aliphatic hydroxyl groups excluding tert-OH is 2. The van der Waals surface area contributed by atoms with Crippen LogP contribution in [-0.2, 0) is 15.3 Å². The molecule has 4 N–H and O–H groups in total. The molecule has 0 bridgehead atoms. The normalized spacial score (nSPS) is 21.8. The number of nitrogens with two attached hydrogens (primary N) is 1. The zero-order valence-corrected chi connectivity index (χ0v) is 10.4. The molecular formula is C13H19NO4. The van der Waals surface area contributed by atoms with E-state index in [1.54, 1.807) is 12.1 Å². The summed E-state index contributed by atoms with van der Waals surface area (Å²) >= 11 is 0. The molecule has 0 radical (unpaired) electrons. The van der Waals surface area contributed by atoms with Gasteiger partial charge >= 0.3 is 0 Å². The number of aliphatic hydroxyl groups is 2. The highest BCUT2D eigenvalue weighted by atomic mass is 16.7. The second-order valence-electron chi connectivity index (χ2n) is 4.56. The lowest BCUT2D eigenvalue weighted by Gasteiger charge is -2.23. The van der Waals surface area contributed by atoms with Crippen LogP contribution in [0.25, 0.3) is 0 Å². The number of hydrogen-bond acceptors (Lipinski definition) is 5. The fourth-order valence-electron chi connectivity index (χ4n) is 2.01. The molecule has 5 heteroatoms. The summed E-state index contributed by atoms with van der Waals surface area (Å²) in [5, 5.41) is 18.8. The summed E-state index contributed by atoms with van der Waals surface area (Å²) < 4.78 is 11.1.